The van der Waals surface area contributed by atoms with E-state index in [4.69, 9.17) is 21.1 Å². The van der Waals surface area contributed by atoms with E-state index >= 15 is 0 Å². The number of quaternary nitrogens is 2. The minimum atomic E-state index is 0.429. The van der Waals surface area contributed by atoms with E-state index in [1.807, 2.05) is 18.2 Å². The molecule has 0 radical (unpaired) electrons. The zero-order valence-corrected chi connectivity index (χ0v) is 16.0. The number of nitrogens with zero attached hydrogens (tertiary/aromatic N) is 1. The molecular formula is C19H28ClN3O2+2. The molecule has 0 fully saturated rings. The highest BCUT2D eigenvalue weighted by atomic mass is 35.5. The van der Waals surface area contributed by atoms with Gasteiger partial charge in [0.25, 0.3) is 0 Å². The largest absolute Gasteiger partial charge is 0.493 e. The summed E-state index contributed by atoms with van der Waals surface area (Å²) in [7, 11) is 6.03. The van der Waals surface area contributed by atoms with Crippen LogP contribution >= 0.6 is 11.6 Å². The lowest BCUT2D eigenvalue weighted by atomic mass is 10.2. The number of rotatable bonds is 10. The van der Waals surface area contributed by atoms with E-state index in [0.29, 0.717) is 11.8 Å². The van der Waals surface area contributed by atoms with Crippen molar-refractivity contribution in [3.8, 4) is 11.5 Å². The summed E-state index contributed by atoms with van der Waals surface area (Å²) in [6.07, 6.45) is 2.93. The summed E-state index contributed by atoms with van der Waals surface area (Å²) in [6, 6.07) is 9.76. The molecule has 2 rings (SSSR count). The van der Waals surface area contributed by atoms with Crippen LogP contribution in [0.15, 0.2) is 36.5 Å². The van der Waals surface area contributed by atoms with Crippen molar-refractivity contribution in [2.75, 3.05) is 34.3 Å². The first kappa shape index (κ1) is 19.5. The second-order valence-electron chi connectivity index (χ2n) is 6.36. The summed E-state index contributed by atoms with van der Waals surface area (Å²) < 4.78 is 11.3. The second kappa shape index (κ2) is 10.2. The Balaban J connectivity index is 1.86. The highest BCUT2D eigenvalue weighted by Gasteiger charge is 2.08. The lowest BCUT2D eigenvalue weighted by Crippen LogP contribution is -3.06. The van der Waals surface area contributed by atoms with Gasteiger partial charge in [-0.25, -0.2) is 4.98 Å². The molecule has 136 valence electrons. The lowest BCUT2D eigenvalue weighted by Gasteiger charge is -2.12. The summed E-state index contributed by atoms with van der Waals surface area (Å²) >= 11 is 5.79. The van der Waals surface area contributed by atoms with Crippen molar-refractivity contribution < 1.29 is 19.7 Å². The Morgan fingerprint density at radius 1 is 1.12 bits per heavy atom. The van der Waals surface area contributed by atoms with Gasteiger partial charge in [0.1, 0.15) is 18.3 Å². The molecule has 0 spiro atoms. The van der Waals surface area contributed by atoms with E-state index in [-0.39, 0.29) is 0 Å². The molecule has 0 aliphatic heterocycles. The Hall–Kier alpha value is -1.82. The number of nitrogens with one attached hydrogen (secondary N) is 1. The zero-order valence-electron chi connectivity index (χ0n) is 15.2. The second-order valence-corrected chi connectivity index (χ2v) is 6.74. The van der Waals surface area contributed by atoms with Gasteiger partial charge < -0.3 is 19.7 Å². The molecule has 25 heavy (non-hydrogen) atoms. The highest BCUT2D eigenvalue weighted by Crippen LogP contribution is 2.28. The molecule has 6 heteroatoms. The van der Waals surface area contributed by atoms with Crippen LogP contribution in [0.5, 0.6) is 11.5 Å². The summed E-state index contributed by atoms with van der Waals surface area (Å²) in [5, 5.41) is 2.81. The van der Waals surface area contributed by atoms with Gasteiger partial charge in [-0.15, -0.1) is 0 Å². The van der Waals surface area contributed by atoms with Crippen molar-refractivity contribution in [3.63, 3.8) is 0 Å². The van der Waals surface area contributed by atoms with E-state index in [0.717, 1.165) is 30.2 Å². The van der Waals surface area contributed by atoms with E-state index in [1.54, 1.807) is 19.4 Å². The molecule has 0 atom stereocenters. The maximum atomic E-state index is 5.86. The molecule has 0 aliphatic carbocycles. The van der Waals surface area contributed by atoms with Gasteiger partial charge in [0, 0.05) is 23.7 Å². The number of nitrogens with two attached hydrogens (primary N) is 1. The molecule has 5 nitrogen and oxygen atoms in total. The summed E-state index contributed by atoms with van der Waals surface area (Å²) in [4.78, 5) is 5.55. The van der Waals surface area contributed by atoms with Gasteiger partial charge in [-0.05, 0) is 24.3 Å². The van der Waals surface area contributed by atoms with Crippen LogP contribution in [0.2, 0.25) is 5.15 Å². The monoisotopic (exact) mass is 365 g/mol. The van der Waals surface area contributed by atoms with E-state index in [2.05, 4.69) is 30.5 Å². The van der Waals surface area contributed by atoms with Crippen molar-refractivity contribution in [1.82, 2.24) is 4.98 Å². The molecule has 1 heterocycles. The molecule has 0 saturated heterocycles. The smallest absolute Gasteiger partial charge is 0.161 e. The van der Waals surface area contributed by atoms with Gasteiger partial charge in [-0.3, -0.25) is 0 Å². The van der Waals surface area contributed by atoms with Gasteiger partial charge in [0.05, 0.1) is 34.3 Å². The first-order chi connectivity index (χ1) is 12.1. The van der Waals surface area contributed by atoms with Crippen molar-refractivity contribution in [3.05, 3.63) is 52.8 Å². The highest BCUT2D eigenvalue weighted by molar-refractivity contribution is 6.29. The van der Waals surface area contributed by atoms with Gasteiger partial charge >= 0.3 is 0 Å². The Labute approximate surface area is 154 Å². The Morgan fingerprint density at radius 3 is 2.60 bits per heavy atom. The van der Waals surface area contributed by atoms with Crippen molar-refractivity contribution >= 4 is 11.6 Å². The lowest BCUT2D eigenvalue weighted by molar-refractivity contribution is -0.860. The van der Waals surface area contributed by atoms with E-state index < -0.39 is 0 Å². The van der Waals surface area contributed by atoms with Gasteiger partial charge in [0.15, 0.2) is 11.5 Å². The predicted molar refractivity (Wildman–Crippen MR) is 99.4 cm³/mol. The number of methoxy groups -OCH3 is 1. The molecule has 0 saturated carbocycles. The molecule has 0 aliphatic rings. The molecule has 1 aromatic carbocycles. The molecular weight excluding hydrogens is 338 g/mol. The van der Waals surface area contributed by atoms with Crippen LogP contribution in [0.25, 0.3) is 0 Å². The van der Waals surface area contributed by atoms with Crippen molar-refractivity contribution in [2.24, 2.45) is 0 Å². The topological polar surface area (TPSA) is 52.4 Å². The van der Waals surface area contributed by atoms with Crippen LogP contribution in [0.3, 0.4) is 0 Å². The first-order valence-corrected chi connectivity index (χ1v) is 8.97. The van der Waals surface area contributed by atoms with Crippen LogP contribution in [-0.4, -0.2) is 39.3 Å². The number of halogens is 1. The van der Waals surface area contributed by atoms with Crippen LogP contribution in [0.4, 0.5) is 0 Å². The number of benzene rings is 1. The SMILES string of the molecule is COc1cc(C[NH2+]CCC[NH+](C)C)ccc1OCc1ccc(Cl)nc1. The predicted octanol–water partition coefficient (Wildman–Crippen LogP) is 0.921. The standard InChI is InChI=1S/C19H26ClN3O2/c1-23(2)10-4-9-21-12-15-5-7-17(18(11-15)24-3)25-14-16-6-8-19(20)22-13-16/h5-8,11,13,21H,4,9-10,12,14H2,1-3H3/p+2. The van der Waals surface area contributed by atoms with Crippen LogP contribution in [0, 0.1) is 0 Å². The zero-order chi connectivity index (χ0) is 18.1. The fourth-order valence-corrected chi connectivity index (χ4v) is 2.59. The third-order valence-corrected chi connectivity index (χ3v) is 4.10. The molecule has 0 bridgehead atoms. The average molecular weight is 366 g/mol. The number of pyridine rings is 1. The minimum absolute atomic E-state index is 0.429. The maximum absolute atomic E-state index is 5.86. The number of hydrogen-bond donors (Lipinski definition) is 2. The van der Waals surface area contributed by atoms with Crippen molar-refractivity contribution in [1.29, 1.82) is 0 Å². The maximum Gasteiger partial charge on any atom is 0.161 e. The Kier molecular flexibility index (Phi) is 7.98. The van der Waals surface area contributed by atoms with E-state index in [9.17, 15) is 0 Å². The number of aromatic nitrogens is 1. The summed E-state index contributed by atoms with van der Waals surface area (Å²) in [5.41, 5.74) is 2.20. The van der Waals surface area contributed by atoms with Gasteiger partial charge in [-0.2, -0.15) is 0 Å². The molecule has 2 aromatic rings. The van der Waals surface area contributed by atoms with Gasteiger partial charge in [-0.1, -0.05) is 17.7 Å². The van der Waals surface area contributed by atoms with Crippen LogP contribution in [0.1, 0.15) is 17.5 Å². The first-order valence-electron chi connectivity index (χ1n) is 8.59. The van der Waals surface area contributed by atoms with E-state index in [1.165, 1.54) is 23.4 Å². The Morgan fingerprint density at radius 2 is 1.92 bits per heavy atom. The molecule has 3 N–H and O–H groups in total. The summed E-state index contributed by atoms with van der Waals surface area (Å²) in [6.45, 7) is 3.71. The minimum Gasteiger partial charge on any atom is -0.493 e. The third kappa shape index (κ3) is 6.90. The Bertz CT molecular complexity index is 648. The normalized spacial score (nSPS) is 10.9. The van der Waals surface area contributed by atoms with Crippen LogP contribution in [-0.2, 0) is 13.2 Å². The fraction of sp³-hybridized carbons (Fsp3) is 0.421. The fourth-order valence-electron chi connectivity index (χ4n) is 2.48. The molecule has 0 unspecified atom stereocenters. The number of hydrogen-bond acceptors (Lipinski definition) is 3. The molecule has 0 amide bonds. The van der Waals surface area contributed by atoms with Crippen molar-refractivity contribution in [2.45, 2.75) is 19.6 Å². The van der Waals surface area contributed by atoms with Gasteiger partial charge in [0.2, 0.25) is 0 Å². The third-order valence-electron chi connectivity index (χ3n) is 3.88. The average Bonchev–Trinajstić information content (AvgIpc) is 2.61. The van der Waals surface area contributed by atoms with Crippen LogP contribution < -0.4 is 19.7 Å². The number of ether oxygens (including phenoxy) is 2. The molecule has 1 aromatic heterocycles. The quantitative estimate of drug-likeness (QED) is 0.486. The summed E-state index contributed by atoms with van der Waals surface area (Å²) in [5.74, 6) is 1.49.